The van der Waals surface area contributed by atoms with Crippen molar-refractivity contribution in [1.29, 1.82) is 0 Å². The number of alkyl carbamates (subject to hydrolysis) is 1. The maximum absolute atomic E-state index is 12.1. The van der Waals surface area contributed by atoms with Crippen molar-refractivity contribution in [2.24, 2.45) is 4.99 Å². The Morgan fingerprint density at radius 3 is 2.11 bits per heavy atom. The van der Waals surface area contributed by atoms with Crippen molar-refractivity contribution < 1.29 is 23.8 Å². The van der Waals surface area contributed by atoms with E-state index in [1.807, 2.05) is 0 Å². The number of amides is 2. The summed E-state index contributed by atoms with van der Waals surface area (Å²) in [6.07, 6.45) is -1.67. The summed E-state index contributed by atoms with van der Waals surface area (Å²) in [5.41, 5.74) is -1.07. The first-order valence-electron chi connectivity index (χ1n) is 8.21. The molecule has 0 saturated carbocycles. The Morgan fingerprint density at radius 2 is 1.63 bits per heavy atom. The number of hydrogen-bond acceptors (Lipinski definition) is 5. The van der Waals surface area contributed by atoms with Crippen LogP contribution in [0.4, 0.5) is 15.3 Å². The van der Waals surface area contributed by atoms with Gasteiger partial charge >= 0.3 is 12.2 Å². The topological polar surface area (TPSA) is 98.3 Å². The molecule has 0 spiro atoms. The number of nitrogens with zero attached hydrogens (tertiary/aromatic N) is 1. The van der Waals surface area contributed by atoms with Crippen molar-refractivity contribution in [2.45, 2.75) is 52.7 Å². The maximum Gasteiger partial charge on any atom is 0.437 e. The average molecular weight is 400 g/mol. The van der Waals surface area contributed by atoms with Crippen molar-refractivity contribution in [3.05, 3.63) is 23.2 Å². The summed E-state index contributed by atoms with van der Waals surface area (Å²) in [6.45, 7) is 10.3. The van der Waals surface area contributed by atoms with Crippen LogP contribution in [0.15, 0.2) is 23.2 Å². The Hall–Kier alpha value is -2.48. The molecule has 0 fully saturated rings. The predicted octanol–water partition coefficient (Wildman–Crippen LogP) is 4.58. The van der Waals surface area contributed by atoms with Gasteiger partial charge < -0.3 is 19.5 Å². The van der Waals surface area contributed by atoms with Crippen LogP contribution >= 0.6 is 11.6 Å². The number of guanidine groups is 1. The van der Waals surface area contributed by atoms with Crippen LogP contribution in [0.25, 0.3) is 0 Å². The second kappa shape index (κ2) is 8.94. The zero-order chi connectivity index (χ0) is 20.8. The summed E-state index contributed by atoms with van der Waals surface area (Å²) in [5, 5.41) is 5.47. The molecule has 1 aromatic carbocycles. The van der Waals surface area contributed by atoms with Crippen LogP contribution in [0.1, 0.15) is 41.5 Å². The van der Waals surface area contributed by atoms with Crippen molar-refractivity contribution in [3.8, 4) is 5.75 Å². The minimum absolute atomic E-state index is 0.189. The molecule has 2 amide bonds. The summed E-state index contributed by atoms with van der Waals surface area (Å²) in [7, 11) is 1.51. The molecule has 0 unspecified atom stereocenters. The molecule has 2 N–H and O–H groups in total. The van der Waals surface area contributed by atoms with E-state index in [0.717, 1.165) is 0 Å². The Balaban J connectivity index is 3.06. The van der Waals surface area contributed by atoms with Crippen LogP contribution < -0.4 is 15.4 Å². The number of nitrogens with one attached hydrogen (secondary N) is 2. The summed E-state index contributed by atoms with van der Waals surface area (Å²) < 4.78 is 15.4. The lowest BCUT2D eigenvalue weighted by atomic mass is 10.2. The highest BCUT2D eigenvalue weighted by Crippen LogP contribution is 2.26. The van der Waals surface area contributed by atoms with Crippen molar-refractivity contribution in [2.75, 3.05) is 12.4 Å². The minimum Gasteiger partial charge on any atom is -0.497 e. The molecular weight excluding hydrogens is 374 g/mol. The van der Waals surface area contributed by atoms with Crippen LogP contribution in [0.2, 0.25) is 5.02 Å². The lowest BCUT2D eigenvalue weighted by Gasteiger charge is -2.21. The molecule has 150 valence electrons. The molecule has 0 aliphatic carbocycles. The molecule has 0 saturated heterocycles. The van der Waals surface area contributed by atoms with Gasteiger partial charge in [-0.2, -0.15) is 0 Å². The van der Waals surface area contributed by atoms with E-state index in [0.29, 0.717) is 16.5 Å². The number of rotatable bonds is 2. The quantitative estimate of drug-likeness (QED) is 0.558. The predicted molar refractivity (Wildman–Crippen MR) is 105 cm³/mol. The Kier molecular flexibility index (Phi) is 7.47. The molecule has 0 bridgehead atoms. The molecule has 0 aliphatic heterocycles. The molecule has 0 heterocycles. The van der Waals surface area contributed by atoms with E-state index in [2.05, 4.69) is 15.6 Å². The number of benzene rings is 1. The van der Waals surface area contributed by atoms with Gasteiger partial charge in [-0.3, -0.25) is 5.32 Å². The van der Waals surface area contributed by atoms with E-state index in [9.17, 15) is 9.59 Å². The molecule has 1 rings (SSSR count). The second-order valence-corrected chi connectivity index (χ2v) is 7.95. The van der Waals surface area contributed by atoms with Gasteiger partial charge in [-0.25, -0.2) is 9.59 Å². The number of carbonyl (C=O) groups excluding carboxylic acids is 2. The van der Waals surface area contributed by atoms with Gasteiger partial charge in [0.25, 0.3) is 0 Å². The lowest BCUT2D eigenvalue weighted by molar-refractivity contribution is 0.0562. The van der Waals surface area contributed by atoms with E-state index in [1.165, 1.54) is 7.11 Å². The van der Waals surface area contributed by atoms with Crippen LogP contribution in [0.5, 0.6) is 5.75 Å². The molecule has 0 radical (unpaired) electrons. The number of carbonyl (C=O) groups is 2. The monoisotopic (exact) mass is 399 g/mol. The Morgan fingerprint density at radius 1 is 1.04 bits per heavy atom. The Bertz CT molecular complexity index is 721. The van der Waals surface area contributed by atoms with Gasteiger partial charge in [0.1, 0.15) is 17.0 Å². The molecule has 9 heteroatoms. The molecule has 0 atom stereocenters. The average Bonchev–Trinajstić information content (AvgIpc) is 2.44. The van der Waals surface area contributed by atoms with Gasteiger partial charge in [0.05, 0.1) is 17.8 Å². The van der Waals surface area contributed by atoms with Gasteiger partial charge in [0.15, 0.2) is 0 Å². The number of aliphatic imine (C=N–C) groups is 1. The van der Waals surface area contributed by atoms with Gasteiger partial charge in [0.2, 0.25) is 5.96 Å². The van der Waals surface area contributed by atoms with Crippen LogP contribution in [0, 0.1) is 0 Å². The van der Waals surface area contributed by atoms with E-state index in [4.69, 9.17) is 25.8 Å². The van der Waals surface area contributed by atoms with Gasteiger partial charge in [-0.05, 0) is 53.7 Å². The maximum atomic E-state index is 12.1. The van der Waals surface area contributed by atoms with Crippen LogP contribution in [0.3, 0.4) is 0 Å². The molecule has 0 aromatic heterocycles. The summed E-state index contributed by atoms with van der Waals surface area (Å²) in [5.74, 6) is 0.363. The fraction of sp³-hybridized carbons (Fsp3) is 0.500. The van der Waals surface area contributed by atoms with Crippen molar-refractivity contribution >= 4 is 35.4 Å². The molecule has 27 heavy (non-hydrogen) atoms. The smallest absolute Gasteiger partial charge is 0.437 e. The second-order valence-electron chi connectivity index (χ2n) is 7.54. The van der Waals surface area contributed by atoms with Gasteiger partial charge in [-0.15, -0.1) is 4.99 Å². The summed E-state index contributed by atoms with van der Waals surface area (Å²) in [6, 6.07) is 4.85. The number of halogens is 1. The number of methoxy groups -OCH3 is 1. The molecule has 1 aromatic rings. The fourth-order valence-electron chi connectivity index (χ4n) is 1.72. The first kappa shape index (κ1) is 22.6. The van der Waals surface area contributed by atoms with Crippen molar-refractivity contribution in [3.63, 3.8) is 0 Å². The lowest BCUT2D eigenvalue weighted by Crippen LogP contribution is -2.40. The third kappa shape index (κ3) is 9.14. The first-order valence-corrected chi connectivity index (χ1v) is 8.59. The minimum atomic E-state index is -0.884. The fourth-order valence-corrected chi connectivity index (χ4v) is 1.93. The van der Waals surface area contributed by atoms with Crippen molar-refractivity contribution in [1.82, 2.24) is 5.32 Å². The summed E-state index contributed by atoms with van der Waals surface area (Å²) >= 11 is 6.18. The zero-order valence-electron chi connectivity index (χ0n) is 16.6. The highest BCUT2D eigenvalue weighted by molar-refractivity contribution is 6.34. The molecular formula is C18H26ClN3O5. The number of hydrogen-bond donors (Lipinski definition) is 2. The van der Waals surface area contributed by atoms with E-state index < -0.39 is 23.4 Å². The molecule has 8 nitrogen and oxygen atoms in total. The van der Waals surface area contributed by atoms with Crippen LogP contribution in [-0.4, -0.2) is 36.5 Å². The summed E-state index contributed by atoms with van der Waals surface area (Å²) in [4.78, 5) is 27.8. The SMILES string of the molecule is COc1ccc(N/C(=N\C(=O)OC(C)(C)C)NC(=O)OC(C)(C)C)c(Cl)c1. The number of ether oxygens (including phenoxy) is 3. The number of anilines is 1. The van der Waals surface area contributed by atoms with Crippen LogP contribution in [-0.2, 0) is 9.47 Å². The highest BCUT2D eigenvalue weighted by Gasteiger charge is 2.20. The standard InChI is InChI=1S/C18H26ClN3O5/c1-17(2,3)26-15(23)21-14(22-16(24)27-18(4,5)6)20-13-9-8-11(25-7)10-12(13)19/h8-10H,1-7H3,(H2,20,21,22,23,24). The van der Waals surface area contributed by atoms with Gasteiger partial charge in [-0.1, -0.05) is 11.6 Å². The highest BCUT2D eigenvalue weighted by atomic mass is 35.5. The van der Waals surface area contributed by atoms with E-state index in [1.54, 1.807) is 59.7 Å². The Labute approximate surface area is 164 Å². The van der Waals surface area contributed by atoms with E-state index in [-0.39, 0.29) is 5.96 Å². The third-order valence-corrected chi connectivity index (χ3v) is 2.96. The zero-order valence-corrected chi connectivity index (χ0v) is 17.4. The normalized spacial score (nSPS) is 12.2. The first-order chi connectivity index (χ1) is 12.3. The largest absolute Gasteiger partial charge is 0.497 e. The van der Waals surface area contributed by atoms with Gasteiger partial charge in [0, 0.05) is 6.07 Å². The third-order valence-electron chi connectivity index (χ3n) is 2.65. The van der Waals surface area contributed by atoms with E-state index >= 15 is 0 Å². The molecule has 0 aliphatic rings.